The summed E-state index contributed by atoms with van der Waals surface area (Å²) in [6, 6.07) is 0.454. The van der Waals surface area contributed by atoms with E-state index >= 15 is 0 Å². The lowest BCUT2D eigenvalue weighted by molar-refractivity contribution is 0.169. The molecule has 0 bridgehead atoms. The Morgan fingerprint density at radius 2 is 1.90 bits per heavy atom. The fourth-order valence-corrected chi connectivity index (χ4v) is 4.26. The smallest absolute Gasteiger partial charge is 0.111 e. The minimum Gasteiger partial charge on any atom is -0.314 e. The summed E-state index contributed by atoms with van der Waals surface area (Å²) in [5.41, 5.74) is 2.05. The van der Waals surface area contributed by atoms with Crippen LogP contribution in [-0.4, -0.2) is 41.0 Å². The summed E-state index contributed by atoms with van der Waals surface area (Å²) in [5, 5.41) is 9.99. The Labute approximate surface area is 127 Å². The van der Waals surface area contributed by atoms with Crippen LogP contribution >= 0.6 is 22.7 Å². The highest BCUT2D eigenvalue weighted by atomic mass is 32.1. The molecule has 6 heteroatoms. The van der Waals surface area contributed by atoms with Crippen LogP contribution in [0.1, 0.15) is 29.4 Å². The van der Waals surface area contributed by atoms with Gasteiger partial charge in [0.15, 0.2) is 0 Å². The second kappa shape index (κ2) is 6.30. The van der Waals surface area contributed by atoms with Crippen LogP contribution in [0.15, 0.2) is 10.8 Å². The van der Waals surface area contributed by atoms with Crippen LogP contribution in [0.2, 0.25) is 0 Å². The predicted octanol–water partition coefficient (Wildman–Crippen LogP) is 2.93. The van der Waals surface area contributed by atoms with Gasteiger partial charge in [0.1, 0.15) is 16.4 Å². The maximum Gasteiger partial charge on any atom is 0.111 e. The van der Waals surface area contributed by atoms with Crippen LogP contribution in [-0.2, 0) is 0 Å². The van der Waals surface area contributed by atoms with Crippen molar-refractivity contribution >= 4 is 22.7 Å². The van der Waals surface area contributed by atoms with Gasteiger partial charge in [-0.3, -0.25) is 4.90 Å². The van der Waals surface area contributed by atoms with Crippen molar-refractivity contribution in [3.8, 4) is 11.4 Å². The molecule has 0 amide bonds. The van der Waals surface area contributed by atoms with Crippen molar-refractivity contribution in [3.05, 3.63) is 20.8 Å². The van der Waals surface area contributed by atoms with Crippen LogP contribution in [0.4, 0.5) is 0 Å². The monoisotopic (exact) mass is 308 g/mol. The van der Waals surface area contributed by atoms with E-state index in [-0.39, 0.29) is 0 Å². The molecule has 108 valence electrons. The van der Waals surface area contributed by atoms with Crippen molar-refractivity contribution in [1.29, 1.82) is 0 Å². The standard InChI is InChI=1S/C14H20N4S2/c1-3-13(18-6-4-15-5-7-18)14-17-12(9-20-14)11-8-19-10(2)16-11/h8-9,13,15H,3-7H2,1-2H3. The lowest BCUT2D eigenvalue weighted by atomic mass is 10.2. The summed E-state index contributed by atoms with van der Waals surface area (Å²) >= 11 is 3.46. The predicted molar refractivity (Wildman–Crippen MR) is 85.4 cm³/mol. The third-order valence-corrected chi connectivity index (χ3v) is 5.39. The first-order valence-corrected chi connectivity index (χ1v) is 8.86. The number of nitrogens with zero attached hydrogens (tertiary/aromatic N) is 3. The van der Waals surface area contributed by atoms with E-state index < -0.39 is 0 Å². The molecule has 20 heavy (non-hydrogen) atoms. The van der Waals surface area contributed by atoms with Gasteiger partial charge in [0, 0.05) is 36.9 Å². The summed E-state index contributed by atoms with van der Waals surface area (Å²) < 4.78 is 0. The molecule has 1 atom stereocenters. The van der Waals surface area contributed by atoms with E-state index in [2.05, 4.69) is 32.9 Å². The van der Waals surface area contributed by atoms with Gasteiger partial charge in [-0.05, 0) is 13.3 Å². The van der Waals surface area contributed by atoms with Crippen molar-refractivity contribution in [2.75, 3.05) is 26.2 Å². The van der Waals surface area contributed by atoms with Crippen LogP contribution < -0.4 is 5.32 Å². The Morgan fingerprint density at radius 1 is 1.20 bits per heavy atom. The molecule has 2 aromatic heterocycles. The molecule has 1 saturated heterocycles. The SMILES string of the molecule is CCC(c1nc(-c2csc(C)n2)cs1)N1CCNCC1. The van der Waals surface area contributed by atoms with Gasteiger partial charge in [-0.2, -0.15) is 0 Å². The molecule has 0 spiro atoms. The van der Waals surface area contributed by atoms with E-state index in [0.29, 0.717) is 6.04 Å². The number of hydrogen-bond acceptors (Lipinski definition) is 6. The van der Waals surface area contributed by atoms with Crippen molar-refractivity contribution in [3.63, 3.8) is 0 Å². The zero-order valence-corrected chi connectivity index (χ0v) is 13.6. The van der Waals surface area contributed by atoms with Crippen molar-refractivity contribution in [2.45, 2.75) is 26.3 Å². The minimum absolute atomic E-state index is 0.454. The Hall–Kier alpha value is -0.820. The highest BCUT2D eigenvalue weighted by Crippen LogP contribution is 2.31. The number of aryl methyl sites for hydroxylation is 1. The molecule has 1 fully saturated rings. The average molecular weight is 308 g/mol. The first kappa shape index (κ1) is 14.1. The van der Waals surface area contributed by atoms with Crippen LogP contribution in [0.3, 0.4) is 0 Å². The fourth-order valence-electron chi connectivity index (χ4n) is 2.62. The van der Waals surface area contributed by atoms with E-state index in [0.717, 1.165) is 49.0 Å². The van der Waals surface area contributed by atoms with Gasteiger partial charge in [0.2, 0.25) is 0 Å². The molecular formula is C14H20N4S2. The summed E-state index contributed by atoms with van der Waals surface area (Å²) in [6.45, 7) is 8.68. The Bertz CT molecular complexity index is 557. The third-order valence-electron chi connectivity index (χ3n) is 3.67. The maximum absolute atomic E-state index is 4.84. The van der Waals surface area contributed by atoms with Gasteiger partial charge in [-0.15, -0.1) is 22.7 Å². The Kier molecular flexibility index (Phi) is 4.45. The molecule has 4 nitrogen and oxygen atoms in total. The van der Waals surface area contributed by atoms with Crippen LogP contribution in [0.5, 0.6) is 0 Å². The quantitative estimate of drug-likeness (QED) is 0.943. The molecule has 1 N–H and O–H groups in total. The third kappa shape index (κ3) is 2.93. The summed E-state index contributed by atoms with van der Waals surface area (Å²) in [4.78, 5) is 11.9. The number of piperazine rings is 1. The van der Waals surface area contributed by atoms with Gasteiger partial charge < -0.3 is 5.32 Å². The van der Waals surface area contributed by atoms with Crippen LogP contribution in [0, 0.1) is 6.92 Å². The summed E-state index contributed by atoms with van der Waals surface area (Å²) in [6.07, 6.45) is 1.11. The van der Waals surface area contributed by atoms with Crippen LogP contribution in [0.25, 0.3) is 11.4 Å². The number of rotatable bonds is 4. The lowest BCUT2D eigenvalue weighted by Crippen LogP contribution is -2.45. The molecule has 1 aliphatic rings. The molecule has 0 aromatic carbocycles. The van der Waals surface area contributed by atoms with Crippen molar-refractivity contribution < 1.29 is 0 Å². The van der Waals surface area contributed by atoms with E-state index in [1.54, 1.807) is 22.7 Å². The molecule has 0 saturated carbocycles. The number of hydrogen-bond donors (Lipinski definition) is 1. The molecule has 1 unspecified atom stereocenters. The van der Waals surface area contributed by atoms with Gasteiger partial charge in [0.05, 0.1) is 11.0 Å². The number of nitrogens with one attached hydrogen (secondary N) is 1. The molecule has 0 aliphatic carbocycles. The Morgan fingerprint density at radius 3 is 2.55 bits per heavy atom. The topological polar surface area (TPSA) is 41.1 Å². The number of thiazole rings is 2. The Balaban J connectivity index is 1.80. The second-order valence-electron chi connectivity index (χ2n) is 5.03. The van der Waals surface area contributed by atoms with E-state index in [1.807, 2.05) is 6.92 Å². The van der Waals surface area contributed by atoms with E-state index in [4.69, 9.17) is 4.98 Å². The zero-order chi connectivity index (χ0) is 13.9. The maximum atomic E-state index is 4.84. The molecule has 3 rings (SSSR count). The highest BCUT2D eigenvalue weighted by molar-refractivity contribution is 7.10. The molecule has 1 aliphatic heterocycles. The summed E-state index contributed by atoms with van der Waals surface area (Å²) in [7, 11) is 0. The summed E-state index contributed by atoms with van der Waals surface area (Å²) in [5.74, 6) is 0. The minimum atomic E-state index is 0.454. The molecule has 0 radical (unpaired) electrons. The van der Waals surface area contributed by atoms with Gasteiger partial charge in [-0.1, -0.05) is 6.92 Å². The second-order valence-corrected chi connectivity index (χ2v) is 6.98. The van der Waals surface area contributed by atoms with Gasteiger partial charge in [-0.25, -0.2) is 9.97 Å². The van der Waals surface area contributed by atoms with E-state index in [9.17, 15) is 0 Å². The molecule has 3 heterocycles. The first-order valence-electron chi connectivity index (χ1n) is 7.10. The van der Waals surface area contributed by atoms with Crippen molar-refractivity contribution in [1.82, 2.24) is 20.2 Å². The normalized spacial score (nSPS) is 18.3. The molecular weight excluding hydrogens is 288 g/mol. The van der Waals surface area contributed by atoms with Gasteiger partial charge in [0.25, 0.3) is 0 Å². The van der Waals surface area contributed by atoms with Crippen molar-refractivity contribution in [2.24, 2.45) is 0 Å². The number of aromatic nitrogens is 2. The fraction of sp³-hybridized carbons (Fsp3) is 0.571. The first-order chi connectivity index (χ1) is 9.78. The van der Waals surface area contributed by atoms with E-state index in [1.165, 1.54) is 5.01 Å². The van der Waals surface area contributed by atoms with Gasteiger partial charge >= 0.3 is 0 Å². The molecule has 2 aromatic rings. The largest absolute Gasteiger partial charge is 0.314 e. The zero-order valence-electron chi connectivity index (χ0n) is 11.9. The lowest BCUT2D eigenvalue weighted by Gasteiger charge is -2.33. The highest BCUT2D eigenvalue weighted by Gasteiger charge is 2.23. The average Bonchev–Trinajstić information content (AvgIpc) is 3.10.